The summed E-state index contributed by atoms with van der Waals surface area (Å²) < 4.78 is 0. The molecule has 0 N–H and O–H groups in total. The average molecular weight is 326 g/mol. The molecule has 25 heavy (non-hydrogen) atoms. The van der Waals surface area contributed by atoms with E-state index in [0.717, 1.165) is 6.42 Å². The van der Waals surface area contributed by atoms with Crippen molar-refractivity contribution in [2.45, 2.75) is 46.5 Å². The third-order valence-electron chi connectivity index (χ3n) is 5.47. The Labute approximate surface area is 150 Å². The molecule has 0 heteroatoms. The lowest BCUT2D eigenvalue weighted by Crippen LogP contribution is -2.13. The van der Waals surface area contributed by atoms with Crippen LogP contribution in [0.3, 0.4) is 0 Å². The van der Waals surface area contributed by atoms with Crippen molar-refractivity contribution in [1.82, 2.24) is 0 Å². The Kier molecular flexibility index (Phi) is 4.21. The molecule has 0 saturated heterocycles. The molecule has 0 spiro atoms. The van der Waals surface area contributed by atoms with E-state index in [2.05, 4.69) is 75.4 Å². The SMILES string of the molecule is CCCCC1=C(c2c3c(ccc2=C(C)C)=c2ccccc2=C3)CC=C1. The van der Waals surface area contributed by atoms with Gasteiger partial charge in [-0.25, -0.2) is 0 Å². The van der Waals surface area contributed by atoms with Crippen LogP contribution in [0.1, 0.15) is 57.6 Å². The van der Waals surface area contributed by atoms with E-state index in [4.69, 9.17) is 0 Å². The minimum atomic E-state index is 1.07. The fourth-order valence-corrected chi connectivity index (χ4v) is 4.18. The molecule has 0 atom stereocenters. The molecule has 126 valence electrons. The molecule has 0 saturated carbocycles. The van der Waals surface area contributed by atoms with Gasteiger partial charge < -0.3 is 0 Å². The van der Waals surface area contributed by atoms with Crippen molar-refractivity contribution in [2.75, 3.05) is 0 Å². The second-order valence-electron chi connectivity index (χ2n) is 7.39. The van der Waals surface area contributed by atoms with Gasteiger partial charge in [0.15, 0.2) is 0 Å². The molecule has 2 aliphatic rings. The second kappa shape index (κ2) is 6.52. The molecular weight excluding hydrogens is 300 g/mol. The van der Waals surface area contributed by atoms with E-state index < -0.39 is 0 Å². The van der Waals surface area contributed by atoms with Crippen molar-refractivity contribution < 1.29 is 0 Å². The van der Waals surface area contributed by atoms with Crippen molar-refractivity contribution in [1.29, 1.82) is 0 Å². The van der Waals surface area contributed by atoms with Gasteiger partial charge in [0.2, 0.25) is 0 Å². The van der Waals surface area contributed by atoms with E-state index in [1.54, 1.807) is 11.1 Å². The van der Waals surface area contributed by atoms with Gasteiger partial charge in [-0.05, 0) is 82.3 Å². The Balaban J connectivity index is 2.07. The zero-order valence-electron chi connectivity index (χ0n) is 15.5. The van der Waals surface area contributed by atoms with Gasteiger partial charge in [0.25, 0.3) is 0 Å². The third kappa shape index (κ3) is 2.70. The van der Waals surface area contributed by atoms with Crippen molar-refractivity contribution in [3.8, 4) is 0 Å². The predicted octanol–water partition coefficient (Wildman–Crippen LogP) is 5.21. The third-order valence-corrected chi connectivity index (χ3v) is 5.47. The molecule has 0 radical (unpaired) electrons. The Morgan fingerprint density at radius 1 is 1.00 bits per heavy atom. The van der Waals surface area contributed by atoms with Crippen LogP contribution in [-0.2, 0) is 0 Å². The lowest BCUT2D eigenvalue weighted by molar-refractivity contribution is 0.800. The zero-order valence-corrected chi connectivity index (χ0v) is 15.5. The molecule has 2 aliphatic carbocycles. The second-order valence-corrected chi connectivity index (χ2v) is 7.39. The molecule has 0 aromatic heterocycles. The highest BCUT2D eigenvalue weighted by atomic mass is 14.2. The van der Waals surface area contributed by atoms with E-state index in [0.29, 0.717) is 0 Å². The van der Waals surface area contributed by atoms with E-state index in [9.17, 15) is 0 Å². The van der Waals surface area contributed by atoms with Gasteiger partial charge in [0.05, 0.1) is 0 Å². The summed E-state index contributed by atoms with van der Waals surface area (Å²) in [5.74, 6) is 0. The van der Waals surface area contributed by atoms with Gasteiger partial charge in [0, 0.05) is 0 Å². The minimum Gasteiger partial charge on any atom is -0.0798 e. The highest BCUT2D eigenvalue weighted by Gasteiger charge is 2.18. The highest BCUT2D eigenvalue weighted by Crippen LogP contribution is 2.33. The average Bonchev–Trinajstić information content (AvgIpc) is 3.23. The summed E-state index contributed by atoms with van der Waals surface area (Å²) in [4.78, 5) is 0. The molecular formula is C25H26. The molecule has 4 rings (SSSR count). The topological polar surface area (TPSA) is 0 Å². The van der Waals surface area contributed by atoms with Crippen molar-refractivity contribution >= 4 is 17.2 Å². The fraction of sp³-hybridized carbons (Fsp3) is 0.280. The van der Waals surface area contributed by atoms with Gasteiger partial charge in [-0.15, -0.1) is 0 Å². The fourth-order valence-electron chi connectivity index (χ4n) is 4.18. The molecule has 0 heterocycles. The summed E-state index contributed by atoms with van der Waals surface area (Å²) in [6.07, 6.45) is 11.9. The van der Waals surface area contributed by atoms with Crippen LogP contribution >= 0.6 is 0 Å². The first-order valence-corrected chi connectivity index (χ1v) is 9.51. The maximum atomic E-state index is 2.40. The van der Waals surface area contributed by atoms with Gasteiger partial charge >= 0.3 is 0 Å². The molecule has 0 unspecified atom stereocenters. The van der Waals surface area contributed by atoms with E-state index >= 15 is 0 Å². The lowest BCUT2D eigenvalue weighted by Gasteiger charge is -2.13. The Morgan fingerprint density at radius 3 is 2.64 bits per heavy atom. The van der Waals surface area contributed by atoms with Gasteiger partial charge in [-0.3, -0.25) is 0 Å². The predicted molar refractivity (Wildman–Crippen MR) is 108 cm³/mol. The molecule has 2 aromatic rings. The highest BCUT2D eigenvalue weighted by molar-refractivity contribution is 5.82. The van der Waals surface area contributed by atoms with Crippen LogP contribution in [0.15, 0.2) is 54.1 Å². The number of hydrogen-bond donors (Lipinski definition) is 0. The summed E-state index contributed by atoms with van der Waals surface area (Å²) in [5, 5.41) is 5.53. The summed E-state index contributed by atoms with van der Waals surface area (Å²) >= 11 is 0. The first kappa shape index (κ1) is 16.1. The number of rotatable bonds is 4. The van der Waals surface area contributed by atoms with E-state index in [1.165, 1.54) is 56.8 Å². The number of hydrogen-bond acceptors (Lipinski definition) is 0. The number of benzene rings is 2. The summed E-state index contributed by atoms with van der Waals surface area (Å²) in [6, 6.07) is 13.4. The monoisotopic (exact) mass is 326 g/mol. The maximum Gasteiger partial charge on any atom is -0.00676 e. The summed E-state index contributed by atoms with van der Waals surface area (Å²) in [6.45, 7) is 6.75. The zero-order chi connectivity index (χ0) is 17.4. The van der Waals surface area contributed by atoms with Crippen molar-refractivity contribution in [3.05, 3.63) is 86.1 Å². The van der Waals surface area contributed by atoms with E-state index in [1.807, 2.05) is 0 Å². The summed E-state index contributed by atoms with van der Waals surface area (Å²) in [7, 11) is 0. The quantitative estimate of drug-likeness (QED) is 0.617. The smallest absolute Gasteiger partial charge is 0.00676 e. The van der Waals surface area contributed by atoms with Crippen molar-refractivity contribution in [2.24, 2.45) is 0 Å². The molecule has 2 aromatic carbocycles. The van der Waals surface area contributed by atoms with Gasteiger partial charge in [-0.1, -0.05) is 67.5 Å². The van der Waals surface area contributed by atoms with Gasteiger partial charge in [0.1, 0.15) is 0 Å². The van der Waals surface area contributed by atoms with Crippen LogP contribution < -0.4 is 10.4 Å². The van der Waals surface area contributed by atoms with Crippen LogP contribution in [0.25, 0.3) is 17.2 Å². The number of allylic oxidation sites excluding steroid dienone is 4. The largest absolute Gasteiger partial charge is 0.0798 e. The Morgan fingerprint density at radius 2 is 1.84 bits per heavy atom. The van der Waals surface area contributed by atoms with Crippen LogP contribution in [0.5, 0.6) is 0 Å². The number of unbranched alkanes of at least 4 members (excludes halogenated alkanes) is 1. The molecule has 0 nitrogen and oxygen atoms in total. The molecule has 0 bridgehead atoms. The standard InChI is InChI=1S/C25H26/c1-4-5-9-18-11-8-13-22(18)25-20(17(2)3)14-15-23-21-12-7-6-10-19(21)16-24(23)25/h6-8,10-12,14-16H,4-5,9,13H2,1-3H3. The minimum absolute atomic E-state index is 1.07. The normalized spacial score (nSPS) is 14.5. The molecule has 0 aliphatic heterocycles. The lowest BCUT2D eigenvalue weighted by atomic mass is 9.90. The van der Waals surface area contributed by atoms with Gasteiger partial charge in [-0.2, -0.15) is 0 Å². The van der Waals surface area contributed by atoms with Crippen LogP contribution in [0.4, 0.5) is 0 Å². The molecule has 0 fully saturated rings. The van der Waals surface area contributed by atoms with Crippen LogP contribution in [0, 0.1) is 10.4 Å². The number of fused-ring (bicyclic) bond motifs is 2. The maximum absolute atomic E-state index is 2.40. The van der Waals surface area contributed by atoms with E-state index in [-0.39, 0.29) is 0 Å². The first-order valence-electron chi connectivity index (χ1n) is 9.51. The summed E-state index contributed by atoms with van der Waals surface area (Å²) in [5.41, 5.74) is 7.39. The van der Waals surface area contributed by atoms with Crippen LogP contribution in [-0.4, -0.2) is 0 Å². The van der Waals surface area contributed by atoms with Crippen molar-refractivity contribution in [3.63, 3.8) is 0 Å². The Bertz CT molecular complexity index is 1100. The van der Waals surface area contributed by atoms with Crippen LogP contribution in [0.2, 0.25) is 0 Å². The Hall–Kier alpha value is -2.34. The molecule has 0 amide bonds. The first-order chi connectivity index (χ1) is 12.2.